The van der Waals surface area contributed by atoms with Gasteiger partial charge in [-0.3, -0.25) is 0 Å². The highest BCUT2D eigenvalue weighted by Crippen LogP contribution is 2.30. The summed E-state index contributed by atoms with van der Waals surface area (Å²) in [5, 5.41) is 6.10. The lowest BCUT2D eigenvalue weighted by Gasteiger charge is -2.04. The van der Waals surface area contributed by atoms with Crippen LogP contribution >= 0.6 is 0 Å². The van der Waals surface area contributed by atoms with Gasteiger partial charge in [0, 0.05) is 10.8 Å². The van der Waals surface area contributed by atoms with Crippen LogP contribution in [0, 0.1) is 13.8 Å². The quantitative estimate of drug-likeness (QED) is 0.362. The van der Waals surface area contributed by atoms with Gasteiger partial charge in [0.2, 0.25) is 0 Å². The van der Waals surface area contributed by atoms with Gasteiger partial charge >= 0.3 is 0 Å². The summed E-state index contributed by atoms with van der Waals surface area (Å²) < 4.78 is 6.11. The Bertz CT molecular complexity index is 1080. The standard InChI is InChI=1S/C22H18O/c1-15-13-16(2)23-21-10-6-5-9-20(21)22-18(14-15)12-11-17-7-3-4-8-19(17)22/h3-14H,1-2H3. The predicted octanol–water partition coefficient (Wildman–Crippen LogP) is 6.48. The van der Waals surface area contributed by atoms with E-state index >= 15 is 0 Å². The first kappa shape index (κ1) is 13.8. The van der Waals surface area contributed by atoms with Crippen molar-refractivity contribution in [3.63, 3.8) is 0 Å². The van der Waals surface area contributed by atoms with E-state index in [0.29, 0.717) is 0 Å². The molecule has 0 saturated carbocycles. The Balaban J connectivity index is 2.42. The van der Waals surface area contributed by atoms with Crippen molar-refractivity contribution in [2.75, 3.05) is 0 Å². The Kier molecular flexibility index (Phi) is 3.27. The van der Waals surface area contributed by atoms with Crippen LogP contribution in [0.15, 0.2) is 77.2 Å². The van der Waals surface area contributed by atoms with Gasteiger partial charge in [-0.25, -0.2) is 0 Å². The molecule has 112 valence electrons. The van der Waals surface area contributed by atoms with Crippen LogP contribution < -0.4 is 0 Å². The first-order chi connectivity index (χ1) is 11.2. The molecule has 4 aromatic rings. The first-order valence-corrected chi connectivity index (χ1v) is 7.88. The van der Waals surface area contributed by atoms with Crippen molar-refractivity contribution in [2.45, 2.75) is 13.8 Å². The van der Waals surface area contributed by atoms with E-state index in [-0.39, 0.29) is 0 Å². The molecule has 4 rings (SSSR count). The SMILES string of the molecule is Cc1cc(C)oc2ccccc2c2c(ccc3ccccc32)c1. The summed E-state index contributed by atoms with van der Waals surface area (Å²) in [6.07, 6.45) is 0. The lowest BCUT2D eigenvalue weighted by atomic mass is 10.00. The second-order valence-corrected chi connectivity index (χ2v) is 5.99. The zero-order valence-corrected chi connectivity index (χ0v) is 13.3. The third-order valence-corrected chi connectivity index (χ3v) is 4.20. The summed E-state index contributed by atoms with van der Waals surface area (Å²) in [5.41, 5.74) is 2.09. The van der Waals surface area contributed by atoms with Crippen molar-refractivity contribution in [1.29, 1.82) is 0 Å². The van der Waals surface area contributed by atoms with Gasteiger partial charge in [-0.2, -0.15) is 0 Å². The van der Waals surface area contributed by atoms with Crippen LogP contribution in [-0.2, 0) is 0 Å². The fraction of sp³-hybridized carbons (Fsp3) is 0.0909. The van der Waals surface area contributed by atoms with Crippen molar-refractivity contribution >= 4 is 32.5 Å². The molecule has 0 aliphatic rings. The highest BCUT2D eigenvalue weighted by Gasteiger charge is 2.04. The maximum absolute atomic E-state index is 6.11. The number of aryl methyl sites for hydroxylation is 2. The fourth-order valence-corrected chi connectivity index (χ4v) is 3.28. The minimum atomic E-state index is 0.905. The van der Waals surface area contributed by atoms with Crippen molar-refractivity contribution in [2.24, 2.45) is 0 Å². The molecule has 1 aromatic heterocycles. The maximum Gasteiger partial charge on any atom is 0.134 e. The van der Waals surface area contributed by atoms with Crippen LogP contribution in [-0.4, -0.2) is 0 Å². The van der Waals surface area contributed by atoms with E-state index in [1.807, 2.05) is 19.1 Å². The molecular formula is C22H18O. The van der Waals surface area contributed by atoms with Gasteiger partial charge in [-0.1, -0.05) is 60.7 Å². The molecule has 0 spiro atoms. The molecule has 0 aliphatic carbocycles. The minimum absolute atomic E-state index is 0.905. The average molecular weight is 298 g/mol. The van der Waals surface area contributed by atoms with E-state index in [2.05, 4.69) is 67.6 Å². The Morgan fingerprint density at radius 3 is 2.22 bits per heavy atom. The van der Waals surface area contributed by atoms with Crippen molar-refractivity contribution < 1.29 is 4.42 Å². The second-order valence-electron chi connectivity index (χ2n) is 5.99. The lowest BCUT2D eigenvalue weighted by Crippen LogP contribution is -1.78. The number of rotatable bonds is 0. The summed E-state index contributed by atoms with van der Waals surface area (Å²) in [4.78, 5) is 0. The van der Waals surface area contributed by atoms with E-state index in [9.17, 15) is 0 Å². The topological polar surface area (TPSA) is 13.1 Å². The number of hydrogen-bond acceptors (Lipinski definition) is 1. The largest absolute Gasteiger partial charge is 0.461 e. The highest BCUT2D eigenvalue weighted by molar-refractivity contribution is 6.18. The maximum atomic E-state index is 6.11. The van der Waals surface area contributed by atoms with Crippen LogP contribution in [0.2, 0.25) is 0 Å². The Morgan fingerprint density at radius 1 is 0.652 bits per heavy atom. The van der Waals surface area contributed by atoms with E-state index in [4.69, 9.17) is 4.42 Å². The summed E-state index contributed by atoms with van der Waals surface area (Å²) in [5.74, 6) is 0.906. The average Bonchev–Trinajstić information content (AvgIpc) is 2.60. The van der Waals surface area contributed by atoms with Gasteiger partial charge in [-0.05, 0) is 47.7 Å². The summed E-state index contributed by atoms with van der Waals surface area (Å²) in [7, 11) is 0. The smallest absolute Gasteiger partial charge is 0.134 e. The van der Waals surface area contributed by atoms with Gasteiger partial charge < -0.3 is 4.42 Å². The van der Waals surface area contributed by atoms with Crippen molar-refractivity contribution in [3.8, 4) is 0 Å². The Morgan fingerprint density at radius 2 is 1.35 bits per heavy atom. The number of hydrogen-bond donors (Lipinski definition) is 0. The lowest BCUT2D eigenvalue weighted by molar-refractivity contribution is 0.568. The molecule has 0 amide bonds. The van der Waals surface area contributed by atoms with Crippen molar-refractivity contribution in [3.05, 3.63) is 84.1 Å². The number of fused-ring (bicyclic) bond motifs is 5. The van der Waals surface area contributed by atoms with Crippen LogP contribution in [0.1, 0.15) is 11.3 Å². The molecule has 0 fully saturated rings. The third-order valence-electron chi connectivity index (χ3n) is 4.20. The molecule has 0 aliphatic heterocycles. The van der Waals surface area contributed by atoms with E-state index in [1.54, 1.807) is 0 Å². The molecule has 0 atom stereocenters. The van der Waals surface area contributed by atoms with Crippen LogP contribution in [0.4, 0.5) is 0 Å². The van der Waals surface area contributed by atoms with Gasteiger partial charge in [-0.15, -0.1) is 0 Å². The number of para-hydroxylation sites is 1. The molecule has 1 nitrogen and oxygen atoms in total. The fourth-order valence-electron chi connectivity index (χ4n) is 3.28. The normalized spacial score (nSPS) is 11.0. The molecule has 0 N–H and O–H groups in total. The van der Waals surface area contributed by atoms with E-state index in [1.165, 1.54) is 27.1 Å². The zero-order valence-electron chi connectivity index (χ0n) is 13.3. The molecule has 1 heteroatoms. The first-order valence-electron chi connectivity index (χ1n) is 7.88. The molecule has 0 bridgehead atoms. The minimum Gasteiger partial charge on any atom is -0.461 e. The van der Waals surface area contributed by atoms with E-state index in [0.717, 1.165) is 16.7 Å². The van der Waals surface area contributed by atoms with Gasteiger partial charge in [0.25, 0.3) is 0 Å². The molecule has 0 saturated heterocycles. The molecular weight excluding hydrogens is 280 g/mol. The summed E-state index contributed by atoms with van der Waals surface area (Å²) >= 11 is 0. The molecule has 0 radical (unpaired) electrons. The zero-order chi connectivity index (χ0) is 15.8. The number of benzene rings is 3. The summed E-state index contributed by atoms with van der Waals surface area (Å²) in [6.45, 7) is 4.12. The Labute approximate surface area is 135 Å². The van der Waals surface area contributed by atoms with Gasteiger partial charge in [0.15, 0.2) is 0 Å². The molecule has 23 heavy (non-hydrogen) atoms. The van der Waals surface area contributed by atoms with Crippen molar-refractivity contribution in [1.82, 2.24) is 0 Å². The van der Waals surface area contributed by atoms with Crippen LogP contribution in [0.5, 0.6) is 0 Å². The van der Waals surface area contributed by atoms with E-state index < -0.39 is 0 Å². The van der Waals surface area contributed by atoms with Crippen LogP contribution in [0.3, 0.4) is 0 Å². The molecule has 1 heterocycles. The van der Waals surface area contributed by atoms with Crippen LogP contribution in [0.25, 0.3) is 32.5 Å². The highest BCUT2D eigenvalue weighted by atomic mass is 16.3. The molecule has 0 unspecified atom stereocenters. The molecule has 3 aromatic carbocycles. The predicted molar refractivity (Wildman–Crippen MR) is 98.3 cm³/mol. The Hall–Kier alpha value is -2.80. The third kappa shape index (κ3) is 2.44. The van der Waals surface area contributed by atoms with Gasteiger partial charge in [0.1, 0.15) is 11.3 Å². The monoisotopic (exact) mass is 298 g/mol. The second kappa shape index (κ2) is 5.44. The summed E-state index contributed by atoms with van der Waals surface area (Å²) in [6, 6.07) is 25.5. The van der Waals surface area contributed by atoms with Gasteiger partial charge in [0.05, 0.1) is 0 Å².